The average Bonchev–Trinajstić information content (AvgIpc) is 2.45. The third kappa shape index (κ3) is 3.78. The van der Waals surface area contributed by atoms with Crippen LogP contribution in [0.2, 0.25) is 0 Å². The van der Waals surface area contributed by atoms with E-state index in [0.29, 0.717) is 19.8 Å². The molecule has 2 rings (SSSR count). The van der Waals surface area contributed by atoms with Gasteiger partial charge in [-0.1, -0.05) is 25.5 Å². The molecule has 0 aromatic heterocycles. The molecule has 1 saturated heterocycles. The molecule has 6 nitrogen and oxygen atoms in total. The zero-order valence-corrected chi connectivity index (χ0v) is 12.2. The number of aliphatic hydroxyl groups excluding tert-OH is 1. The van der Waals surface area contributed by atoms with Crippen molar-refractivity contribution < 1.29 is 14.8 Å². The first-order chi connectivity index (χ1) is 10.1. The summed E-state index contributed by atoms with van der Waals surface area (Å²) in [4.78, 5) is 10.5. The van der Waals surface area contributed by atoms with E-state index in [4.69, 9.17) is 4.74 Å². The first-order valence-corrected chi connectivity index (χ1v) is 7.26. The fourth-order valence-electron chi connectivity index (χ4n) is 2.51. The molecule has 2 N–H and O–H groups in total. The van der Waals surface area contributed by atoms with Crippen LogP contribution in [0, 0.1) is 15.5 Å². The van der Waals surface area contributed by atoms with E-state index in [1.807, 2.05) is 6.07 Å². The van der Waals surface area contributed by atoms with E-state index >= 15 is 0 Å². The number of ether oxygens (including phenoxy) is 1. The van der Waals surface area contributed by atoms with Crippen LogP contribution in [0.3, 0.4) is 0 Å². The van der Waals surface area contributed by atoms with Gasteiger partial charge in [-0.05, 0) is 12.0 Å². The minimum Gasteiger partial charge on any atom is -0.396 e. The van der Waals surface area contributed by atoms with Gasteiger partial charge in [0.1, 0.15) is 0 Å². The van der Waals surface area contributed by atoms with Gasteiger partial charge in [-0.3, -0.25) is 10.1 Å². The molecule has 0 radical (unpaired) electrons. The molecule has 0 spiro atoms. The van der Waals surface area contributed by atoms with Crippen molar-refractivity contribution in [2.24, 2.45) is 5.41 Å². The van der Waals surface area contributed by atoms with Gasteiger partial charge in [0, 0.05) is 24.7 Å². The van der Waals surface area contributed by atoms with E-state index < -0.39 is 0 Å². The largest absolute Gasteiger partial charge is 0.396 e. The highest BCUT2D eigenvalue weighted by molar-refractivity contribution is 5.35. The van der Waals surface area contributed by atoms with Gasteiger partial charge in [-0.25, -0.2) is 0 Å². The Bertz CT molecular complexity index is 483. The molecule has 1 fully saturated rings. The fourth-order valence-corrected chi connectivity index (χ4v) is 2.51. The highest BCUT2D eigenvalue weighted by atomic mass is 16.6. The summed E-state index contributed by atoms with van der Waals surface area (Å²) in [5.74, 6) is 0. The Hall–Kier alpha value is -1.50. The van der Waals surface area contributed by atoms with Crippen molar-refractivity contribution in [3.63, 3.8) is 0 Å². The van der Waals surface area contributed by atoms with Crippen LogP contribution in [0.5, 0.6) is 0 Å². The summed E-state index contributed by atoms with van der Waals surface area (Å²) in [6, 6.07) is 6.80. The molecule has 6 heteroatoms. The Morgan fingerprint density at radius 1 is 1.52 bits per heavy atom. The van der Waals surface area contributed by atoms with Gasteiger partial charge in [0.25, 0.3) is 5.69 Å². The second kappa shape index (κ2) is 6.98. The minimum absolute atomic E-state index is 0.0546. The van der Waals surface area contributed by atoms with Gasteiger partial charge in [-0.15, -0.1) is 0 Å². The van der Waals surface area contributed by atoms with Crippen LogP contribution >= 0.6 is 0 Å². The molecule has 0 amide bonds. The Labute approximate surface area is 124 Å². The van der Waals surface area contributed by atoms with Crippen LogP contribution in [0.1, 0.15) is 31.4 Å². The zero-order valence-electron chi connectivity index (χ0n) is 12.2. The number of nitrogens with zero attached hydrogens (tertiary/aromatic N) is 1. The smallest absolute Gasteiger partial charge is 0.269 e. The Balaban J connectivity index is 2.07. The first kappa shape index (κ1) is 15.9. The molecule has 21 heavy (non-hydrogen) atoms. The predicted molar refractivity (Wildman–Crippen MR) is 79.1 cm³/mol. The standard InChI is InChI=1S/C15H22N2O4/c1-2-4-14(16-8-15(9-18)10-21-11-15)12-5-3-6-13(7-12)17(19)20/h3,5-7,14,16,18H,2,4,8-11H2,1H3. The summed E-state index contributed by atoms with van der Waals surface area (Å²) >= 11 is 0. The van der Waals surface area contributed by atoms with E-state index in [0.717, 1.165) is 18.4 Å². The molecule has 0 saturated carbocycles. The number of hydrogen-bond acceptors (Lipinski definition) is 5. The highest BCUT2D eigenvalue weighted by Gasteiger charge is 2.38. The number of nitro benzene ring substituents is 1. The molecule has 1 aliphatic rings. The normalized spacial score (nSPS) is 18.0. The minimum atomic E-state index is -0.374. The summed E-state index contributed by atoms with van der Waals surface area (Å²) in [5, 5.41) is 23.8. The number of nitrogens with one attached hydrogen (secondary N) is 1. The predicted octanol–water partition coefficient (Wildman–Crippen LogP) is 2.03. The fraction of sp³-hybridized carbons (Fsp3) is 0.600. The molecule has 0 aliphatic carbocycles. The van der Waals surface area contributed by atoms with Crippen LogP contribution in [-0.4, -0.2) is 36.4 Å². The van der Waals surface area contributed by atoms with Crippen LogP contribution in [0.25, 0.3) is 0 Å². The lowest BCUT2D eigenvalue weighted by Crippen LogP contribution is -2.52. The second-order valence-electron chi connectivity index (χ2n) is 5.73. The molecular formula is C15H22N2O4. The number of rotatable bonds is 8. The van der Waals surface area contributed by atoms with Crippen LogP contribution in [0.15, 0.2) is 24.3 Å². The Morgan fingerprint density at radius 3 is 2.81 bits per heavy atom. The molecule has 116 valence electrons. The van der Waals surface area contributed by atoms with Crippen molar-refractivity contribution >= 4 is 5.69 Å². The van der Waals surface area contributed by atoms with Gasteiger partial charge in [-0.2, -0.15) is 0 Å². The van der Waals surface area contributed by atoms with Crippen molar-refractivity contribution in [3.8, 4) is 0 Å². The van der Waals surface area contributed by atoms with Gasteiger partial charge in [0.05, 0.1) is 30.2 Å². The monoisotopic (exact) mass is 294 g/mol. The molecule has 1 atom stereocenters. The van der Waals surface area contributed by atoms with E-state index in [9.17, 15) is 15.2 Å². The van der Waals surface area contributed by atoms with Crippen molar-refractivity contribution in [1.82, 2.24) is 5.32 Å². The quantitative estimate of drug-likeness (QED) is 0.566. The summed E-state index contributed by atoms with van der Waals surface area (Å²) in [6.45, 7) is 3.94. The average molecular weight is 294 g/mol. The SMILES string of the molecule is CCCC(NCC1(CO)COC1)c1cccc([N+](=O)[O-])c1. The van der Waals surface area contributed by atoms with Crippen molar-refractivity contribution in [2.45, 2.75) is 25.8 Å². The van der Waals surface area contributed by atoms with E-state index in [-0.39, 0.29) is 28.7 Å². The number of hydrogen-bond donors (Lipinski definition) is 2. The van der Waals surface area contributed by atoms with Crippen molar-refractivity contribution in [2.75, 3.05) is 26.4 Å². The molecule has 1 aliphatic heterocycles. The topological polar surface area (TPSA) is 84.6 Å². The Morgan fingerprint density at radius 2 is 2.29 bits per heavy atom. The molecule has 1 heterocycles. The highest BCUT2D eigenvalue weighted by Crippen LogP contribution is 2.28. The van der Waals surface area contributed by atoms with Gasteiger partial charge in [0.15, 0.2) is 0 Å². The summed E-state index contributed by atoms with van der Waals surface area (Å²) in [5.41, 5.74) is 0.825. The summed E-state index contributed by atoms with van der Waals surface area (Å²) in [7, 11) is 0. The van der Waals surface area contributed by atoms with Gasteiger partial charge >= 0.3 is 0 Å². The lowest BCUT2D eigenvalue weighted by Gasteiger charge is -2.41. The van der Waals surface area contributed by atoms with Crippen molar-refractivity contribution in [1.29, 1.82) is 0 Å². The Kier molecular flexibility index (Phi) is 5.27. The maximum absolute atomic E-state index is 10.9. The molecular weight excluding hydrogens is 272 g/mol. The number of benzene rings is 1. The lowest BCUT2D eigenvalue weighted by molar-refractivity contribution is -0.384. The van der Waals surface area contributed by atoms with Crippen LogP contribution < -0.4 is 5.32 Å². The molecule has 1 unspecified atom stereocenters. The van der Waals surface area contributed by atoms with E-state index in [1.165, 1.54) is 6.07 Å². The van der Waals surface area contributed by atoms with Crippen LogP contribution in [0.4, 0.5) is 5.69 Å². The third-order valence-electron chi connectivity index (χ3n) is 3.94. The molecule has 1 aromatic carbocycles. The van der Waals surface area contributed by atoms with Crippen LogP contribution in [-0.2, 0) is 4.74 Å². The van der Waals surface area contributed by atoms with Gasteiger partial charge in [0.2, 0.25) is 0 Å². The lowest BCUT2D eigenvalue weighted by atomic mass is 9.86. The number of aliphatic hydroxyl groups is 1. The van der Waals surface area contributed by atoms with Gasteiger partial charge < -0.3 is 15.2 Å². The second-order valence-corrected chi connectivity index (χ2v) is 5.73. The van der Waals surface area contributed by atoms with Crippen molar-refractivity contribution in [3.05, 3.63) is 39.9 Å². The summed E-state index contributed by atoms with van der Waals surface area (Å²) < 4.78 is 5.19. The van der Waals surface area contributed by atoms with E-state index in [2.05, 4.69) is 12.2 Å². The summed E-state index contributed by atoms with van der Waals surface area (Å²) in [6.07, 6.45) is 1.87. The number of nitro groups is 1. The molecule has 0 bridgehead atoms. The first-order valence-electron chi connectivity index (χ1n) is 7.26. The number of non-ortho nitro benzene ring substituents is 1. The maximum atomic E-state index is 10.9. The van der Waals surface area contributed by atoms with E-state index in [1.54, 1.807) is 12.1 Å². The third-order valence-corrected chi connectivity index (χ3v) is 3.94. The molecule has 1 aromatic rings. The maximum Gasteiger partial charge on any atom is 0.269 e. The zero-order chi connectivity index (χ0) is 15.3.